The number of benzene rings is 2. The SMILES string of the molecule is CC(Cc1ccc(C(C)(C)C)cc1C(C)(C)C)c1cc(C(C)(C)C)cc(C(C)(C)C)c1C(C)(C)C. The third-order valence-corrected chi connectivity index (χ3v) is 7.43. The molecule has 2 rings (SSSR count). The number of hydrogen-bond donors (Lipinski definition) is 0. The standard InChI is InChI=1S/C35H56/c1-23(19-24-17-18-25(31(2,3)4)21-28(24)33(8,9)10)27-20-26(32(5,6)7)22-29(34(11,12)13)30(27)35(14,15)16/h17-18,20-23H,19H2,1-16H3. The fourth-order valence-corrected chi connectivity index (χ4v) is 5.27. The van der Waals surface area contributed by atoms with Crippen molar-refractivity contribution in [1.82, 2.24) is 0 Å². The summed E-state index contributed by atoms with van der Waals surface area (Å²) in [4.78, 5) is 0. The van der Waals surface area contributed by atoms with E-state index in [-0.39, 0.29) is 27.1 Å². The summed E-state index contributed by atoms with van der Waals surface area (Å²) >= 11 is 0. The molecule has 196 valence electrons. The largest absolute Gasteiger partial charge is 0.0584 e. The molecule has 1 unspecified atom stereocenters. The highest BCUT2D eigenvalue weighted by Crippen LogP contribution is 2.43. The Balaban J connectivity index is 2.78. The van der Waals surface area contributed by atoms with Crippen LogP contribution in [-0.4, -0.2) is 0 Å². The lowest BCUT2D eigenvalue weighted by Crippen LogP contribution is -2.27. The van der Waals surface area contributed by atoms with E-state index >= 15 is 0 Å². The van der Waals surface area contributed by atoms with E-state index in [4.69, 9.17) is 0 Å². The van der Waals surface area contributed by atoms with Gasteiger partial charge in [0.15, 0.2) is 0 Å². The van der Waals surface area contributed by atoms with Crippen LogP contribution in [0, 0.1) is 0 Å². The van der Waals surface area contributed by atoms with Crippen molar-refractivity contribution in [3.63, 3.8) is 0 Å². The predicted molar refractivity (Wildman–Crippen MR) is 159 cm³/mol. The normalized spacial score (nSPS) is 14.9. The van der Waals surface area contributed by atoms with Crippen LogP contribution >= 0.6 is 0 Å². The quantitative estimate of drug-likeness (QED) is 0.413. The molecule has 2 aromatic rings. The first-order valence-electron chi connectivity index (χ1n) is 13.8. The van der Waals surface area contributed by atoms with E-state index in [1.807, 2.05) is 0 Å². The maximum Gasteiger partial charge on any atom is -0.0126 e. The zero-order valence-corrected chi connectivity index (χ0v) is 26.2. The topological polar surface area (TPSA) is 0 Å². The lowest BCUT2D eigenvalue weighted by atomic mass is 9.68. The Hall–Kier alpha value is -1.56. The molecule has 0 heterocycles. The second-order valence-corrected chi connectivity index (χ2v) is 16.2. The van der Waals surface area contributed by atoms with Crippen molar-refractivity contribution in [3.8, 4) is 0 Å². The number of rotatable bonds is 3. The van der Waals surface area contributed by atoms with E-state index in [2.05, 4.69) is 141 Å². The molecule has 0 bridgehead atoms. The van der Waals surface area contributed by atoms with Gasteiger partial charge in [-0.1, -0.05) is 141 Å². The van der Waals surface area contributed by atoms with Gasteiger partial charge in [-0.25, -0.2) is 0 Å². The van der Waals surface area contributed by atoms with E-state index < -0.39 is 0 Å². The zero-order chi connectivity index (χ0) is 27.4. The first kappa shape index (κ1) is 29.7. The molecular weight excluding hydrogens is 420 g/mol. The van der Waals surface area contributed by atoms with Crippen LogP contribution < -0.4 is 0 Å². The molecular formula is C35H56. The highest BCUT2D eigenvalue weighted by Gasteiger charge is 2.32. The van der Waals surface area contributed by atoms with Crippen LogP contribution in [0.25, 0.3) is 0 Å². The first-order valence-corrected chi connectivity index (χ1v) is 13.8. The van der Waals surface area contributed by atoms with E-state index in [9.17, 15) is 0 Å². The van der Waals surface area contributed by atoms with Crippen LogP contribution in [0.5, 0.6) is 0 Å². The molecule has 35 heavy (non-hydrogen) atoms. The molecule has 0 N–H and O–H groups in total. The van der Waals surface area contributed by atoms with Gasteiger partial charge in [-0.05, 0) is 78.4 Å². The summed E-state index contributed by atoms with van der Waals surface area (Å²) in [6.07, 6.45) is 1.07. The van der Waals surface area contributed by atoms with Gasteiger partial charge in [0.2, 0.25) is 0 Å². The Labute approximate surface area is 219 Å². The van der Waals surface area contributed by atoms with E-state index in [1.54, 1.807) is 5.56 Å². The summed E-state index contributed by atoms with van der Waals surface area (Å²) < 4.78 is 0. The van der Waals surface area contributed by atoms with Crippen molar-refractivity contribution in [2.75, 3.05) is 0 Å². The maximum atomic E-state index is 2.54. The summed E-state index contributed by atoms with van der Waals surface area (Å²) in [5.41, 5.74) is 11.1. The number of hydrogen-bond acceptors (Lipinski definition) is 0. The van der Waals surface area contributed by atoms with Gasteiger partial charge in [-0.3, -0.25) is 0 Å². The summed E-state index contributed by atoms with van der Waals surface area (Å²) in [6.45, 7) is 37.8. The highest BCUT2D eigenvalue weighted by molar-refractivity contribution is 5.50. The summed E-state index contributed by atoms with van der Waals surface area (Å²) in [5, 5.41) is 0. The van der Waals surface area contributed by atoms with Gasteiger partial charge < -0.3 is 0 Å². The minimum atomic E-state index is 0.0889. The monoisotopic (exact) mass is 476 g/mol. The average Bonchev–Trinajstić information content (AvgIpc) is 2.63. The molecule has 0 aliphatic heterocycles. The van der Waals surface area contributed by atoms with Crippen molar-refractivity contribution >= 4 is 0 Å². The molecule has 0 saturated heterocycles. The molecule has 0 saturated carbocycles. The molecule has 0 spiro atoms. The van der Waals surface area contributed by atoms with Crippen molar-refractivity contribution in [2.45, 2.75) is 150 Å². The van der Waals surface area contributed by atoms with E-state index in [1.165, 1.54) is 33.4 Å². The Kier molecular flexibility index (Phi) is 7.96. The zero-order valence-electron chi connectivity index (χ0n) is 26.2. The van der Waals surface area contributed by atoms with Crippen molar-refractivity contribution in [1.29, 1.82) is 0 Å². The first-order chi connectivity index (χ1) is 15.4. The molecule has 0 aliphatic carbocycles. The van der Waals surface area contributed by atoms with Gasteiger partial charge >= 0.3 is 0 Å². The third-order valence-electron chi connectivity index (χ3n) is 7.43. The molecule has 0 amide bonds. The Morgan fingerprint density at radius 3 is 1.37 bits per heavy atom. The van der Waals surface area contributed by atoms with Gasteiger partial charge in [-0.2, -0.15) is 0 Å². The van der Waals surface area contributed by atoms with Gasteiger partial charge in [0.1, 0.15) is 0 Å². The molecule has 2 aromatic carbocycles. The summed E-state index contributed by atoms with van der Waals surface area (Å²) in [5.74, 6) is 0.439. The molecule has 0 fully saturated rings. The Bertz CT molecular complexity index is 1030. The van der Waals surface area contributed by atoms with Crippen molar-refractivity contribution in [2.24, 2.45) is 0 Å². The molecule has 1 atom stereocenters. The third kappa shape index (κ3) is 7.02. The fourth-order valence-electron chi connectivity index (χ4n) is 5.27. The van der Waals surface area contributed by atoms with Crippen molar-refractivity contribution < 1.29 is 0 Å². The van der Waals surface area contributed by atoms with Crippen LogP contribution in [0.2, 0.25) is 0 Å². The van der Waals surface area contributed by atoms with Crippen molar-refractivity contribution in [3.05, 3.63) is 69.3 Å². The van der Waals surface area contributed by atoms with Gasteiger partial charge in [0, 0.05) is 0 Å². The smallest absolute Gasteiger partial charge is 0.0126 e. The lowest BCUT2D eigenvalue weighted by molar-refractivity contribution is 0.510. The Morgan fingerprint density at radius 1 is 0.514 bits per heavy atom. The van der Waals surface area contributed by atoms with Gasteiger partial charge in [0.05, 0.1) is 0 Å². The fraction of sp³-hybridized carbons (Fsp3) is 0.657. The second-order valence-electron chi connectivity index (χ2n) is 16.2. The second kappa shape index (κ2) is 9.39. The average molecular weight is 477 g/mol. The van der Waals surface area contributed by atoms with Crippen LogP contribution in [0.15, 0.2) is 30.3 Å². The van der Waals surface area contributed by atoms with Crippen LogP contribution in [-0.2, 0) is 33.5 Å². The predicted octanol–water partition coefficient (Wildman–Crippen LogP) is 10.5. The Morgan fingerprint density at radius 2 is 0.971 bits per heavy atom. The van der Waals surface area contributed by atoms with Crippen LogP contribution in [0.1, 0.15) is 156 Å². The molecule has 0 nitrogen and oxygen atoms in total. The van der Waals surface area contributed by atoms with Gasteiger partial charge in [0.25, 0.3) is 0 Å². The maximum absolute atomic E-state index is 2.54. The van der Waals surface area contributed by atoms with Gasteiger partial charge in [-0.15, -0.1) is 0 Å². The molecule has 0 radical (unpaired) electrons. The molecule has 0 aliphatic rings. The van der Waals surface area contributed by atoms with Crippen LogP contribution in [0.4, 0.5) is 0 Å². The summed E-state index contributed by atoms with van der Waals surface area (Å²) in [7, 11) is 0. The van der Waals surface area contributed by atoms with E-state index in [0.717, 1.165) is 6.42 Å². The molecule has 0 aromatic heterocycles. The molecule has 0 heteroatoms. The summed E-state index contributed by atoms with van der Waals surface area (Å²) in [6, 6.07) is 12.3. The minimum Gasteiger partial charge on any atom is -0.0584 e. The minimum absolute atomic E-state index is 0.0889. The highest BCUT2D eigenvalue weighted by atomic mass is 14.4. The van der Waals surface area contributed by atoms with E-state index in [0.29, 0.717) is 5.92 Å². The van der Waals surface area contributed by atoms with Crippen LogP contribution in [0.3, 0.4) is 0 Å². The lowest BCUT2D eigenvalue weighted by Gasteiger charge is -2.37.